The van der Waals surface area contributed by atoms with Crippen molar-refractivity contribution in [3.63, 3.8) is 0 Å². The Labute approximate surface area is 123 Å². The molecule has 0 aliphatic heterocycles. The average Bonchev–Trinajstić information content (AvgIpc) is 2.87. The quantitative estimate of drug-likeness (QED) is 0.809. The standard InChI is InChI=1S/C14H20N4OS/c1-11(2)9-15-10-13-17-18-14(20-13)19-8-6-12-5-3-4-7-16-12/h3-5,7,11,15H,6,8-10H2,1-2H3. The maximum atomic E-state index is 5.60. The lowest BCUT2D eigenvalue weighted by Crippen LogP contribution is -2.18. The Kier molecular flexibility index (Phi) is 5.88. The lowest BCUT2D eigenvalue weighted by molar-refractivity contribution is 0.316. The largest absolute Gasteiger partial charge is 0.469 e. The molecular formula is C14H20N4OS. The number of aromatic nitrogens is 3. The normalized spacial score (nSPS) is 10.9. The van der Waals surface area contributed by atoms with Gasteiger partial charge >= 0.3 is 0 Å². The van der Waals surface area contributed by atoms with Crippen LogP contribution >= 0.6 is 11.3 Å². The van der Waals surface area contributed by atoms with Gasteiger partial charge in [-0.25, -0.2) is 0 Å². The number of rotatable bonds is 8. The minimum atomic E-state index is 0.574. The number of hydrogen-bond acceptors (Lipinski definition) is 6. The van der Waals surface area contributed by atoms with Crippen molar-refractivity contribution in [3.8, 4) is 5.19 Å². The number of ether oxygens (including phenoxy) is 1. The zero-order valence-electron chi connectivity index (χ0n) is 11.9. The van der Waals surface area contributed by atoms with E-state index in [0.717, 1.165) is 30.2 Å². The number of nitrogens with one attached hydrogen (secondary N) is 1. The summed E-state index contributed by atoms with van der Waals surface area (Å²) in [5, 5.41) is 13.1. The molecule has 0 unspecified atom stereocenters. The van der Waals surface area contributed by atoms with Crippen LogP contribution in [0.3, 0.4) is 0 Å². The topological polar surface area (TPSA) is 59.9 Å². The van der Waals surface area contributed by atoms with Crippen molar-refractivity contribution in [1.82, 2.24) is 20.5 Å². The summed E-state index contributed by atoms with van der Waals surface area (Å²) in [5.74, 6) is 0.636. The van der Waals surface area contributed by atoms with Gasteiger partial charge in [-0.2, -0.15) is 0 Å². The third-order valence-corrected chi connectivity index (χ3v) is 3.42. The van der Waals surface area contributed by atoms with E-state index in [1.54, 1.807) is 6.20 Å². The van der Waals surface area contributed by atoms with Crippen LogP contribution in [-0.2, 0) is 13.0 Å². The summed E-state index contributed by atoms with van der Waals surface area (Å²) >= 11 is 1.49. The molecule has 0 aliphatic rings. The fourth-order valence-corrected chi connectivity index (χ4v) is 2.31. The Balaban J connectivity index is 1.70. The molecule has 0 amide bonds. The van der Waals surface area contributed by atoms with E-state index in [-0.39, 0.29) is 0 Å². The van der Waals surface area contributed by atoms with Gasteiger partial charge in [-0.1, -0.05) is 31.3 Å². The molecule has 2 aromatic heterocycles. The fraction of sp³-hybridized carbons (Fsp3) is 0.500. The Morgan fingerprint density at radius 2 is 2.20 bits per heavy atom. The zero-order valence-corrected chi connectivity index (χ0v) is 12.7. The number of nitrogens with zero attached hydrogens (tertiary/aromatic N) is 3. The van der Waals surface area contributed by atoms with Gasteiger partial charge in [-0.15, -0.1) is 10.2 Å². The van der Waals surface area contributed by atoms with Gasteiger partial charge in [0.1, 0.15) is 5.01 Å². The molecule has 20 heavy (non-hydrogen) atoms. The molecule has 2 heterocycles. The molecule has 2 rings (SSSR count). The van der Waals surface area contributed by atoms with Gasteiger partial charge in [-0.3, -0.25) is 4.98 Å². The first-order valence-electron chi connectivity index (χ1n) is 6.80. The van der Waals surface area contributed by atoms with Gasteiger partial charge in [0.2, 0.25) is 0 Å². The molecule has 0 saturated carbocycles. The molecule has 0 fully saturated rings. The third-order valence-electron chi connectivity index (χ3n) is 2.59. The molecule has 0 saturated heterocycles. The van der Waals surface area contributed by atoms with Crippen molar-refractivity contribution in [1.29, 1.82) is 0 Å². The van der Waals surface area contributed by atoms with Crippen LogP contribution in [0.4, 0.5) is 0 Å². The predicted octanol–water partition coefficient (Wildman–Crippen LogP) is 2.30. The first-order chi connectivity index (χ1) is 9.74. The Morgan fingerprint density at radius 1 is 1.30 bits per heavy atom. The summed E-state index contributed by atoms with van der Waals surface area (Å²) in [5.41, 5.74) is 1.02. The number of pyridine rings is 1. The Morgan fingerprint density at radius 3 is 2.95 bits per heavy atom. The van der Waals surface area contributed by atoms with E-state index in [1.807, 2.05) is 18.2 Å². The van der Waals surface area contributed by atoms with Crippen LogP contribution in [0.25, 0.3) is 0 Å². The highest BCUT2D eigenvalue weighted by Crippen LogP contribution is 2.17. The molecule has 0 aromatic carbocycles. The van der Waals surface area contributed by atoms with E-state index in [1.165, 1.54) is 11.3 Å². The van der Waals surface area contributed by atoms with Crippen molar-refractivity contribution in [2.45, 2.75) is 26.8 Å². The summed E-state index contributed by atoms with van der Waals surface area (Å²) in [6, 6.07) is 5.88. The minimum Gasteiger partial charge on any atom is -0.469 e. The monoisotopic (exact) mass is 292 g/mol. The van der Waals surface area contributed by atoms with Crippen molar-refractivity contribution >= 4 is 11.3 Å². The van der Waals surface area contributed by atoms with Crippen LogP contribution in [0, 0.1) is 5.92 Å². The second-order valence-corrected chi connectivity index (χ2v) is 5.93. The van der Waals surface area contributed by atoms with Crippen LogP contribution in [0.2, 0.25) is 0 Å². The van der Waals surface area contributed by atoms with E-state index in [0.29, 0.717) is 17.7 Å². The second-order valence-electron chi connectivity index (χ2n) is 4.91. The van der Waals surface area contributed by atoms with Gasteiger partial charge in [0, 0.05) is 24.9 Å². The Bertz CT molecular complexity index is 501. The van der Waals surface area contributed by atoms with Crippen molar-refractivity contribution in [3.05, 3.63) is 35.1 Å². The molecule has 0 atom stereocenters. The van der Waals surface area contributed by atoms with E-state index in [9.17, 15) is 0 Å². The van der Waals surface area contributed by atoms with Gasteiger partial charge in [0.25, 0.3) is 5.19 Å². The molecule has 6 heteroatoms. The molecule has 2 aromatic rings. The maximum absolute atomic E-state index is 5.60. The molecule has 0 spiro atoms. The van der Waals surface area contributed by atoms with Gasteiger partial charge < -0.3 is 10.1 Å². The first-order valence-corrected chi connectivity index (χ1v) is 7.61. The van der Waals surface area contributed by atoms with Crippen LogP contribution in [0.15, 0.2) is 24.4 Å². The predicted molar refractivity (Wildman–Crippen MR) is 79.9 cm³/mol. The van der Waals surface area contributed by atoms with E-state index in [2.05, 4.69) is 34.3 Å². The van der Waals surface area contributed by atoms with Crippen molar-refractivity contribution in [2.75, 3.05) is 13.2 Å². The van der Waals surface area contributed by atoms with Crippen LogP contribution in [0.5, 0.6) is 5.19 Å². The average molecular weight is 292 g/mol. The van der Waals surface area contributed by atoms with E-state index >= 15 is 0 Å². The smallest absolute Gasteiger partial charge is 0.294 e. The third kappa shape index (κ3) is 5.22. The highest BCUT2D eigenvalue weighted by atomic mass is 32.1. The summed E-state index contributed by atoms with van der Waals surface area (Å²) in [7, 11) is 0. The second kappa shape index (κ2) is 7.91. The lowest BCUT2D eigenvalue weighted by Gasteiger charge is -2.04. The van der Waals surface area contributed by atoms with E-state index in [4.69, 9.17) is 4.74 Å². The highest BCUT2D eigenvalue weighted by Gasteiger charge is 2.05. The van der Waals surface area contributed by atoms with Gasteiger partial charge in [0.05, 0.1) is 6.61 Å². The number of hydrogen-bond donors (Lipinski definition) is 1. The summed E-state index contributed by atoms with van der Waals surface area (Å²) < 4.78 is 5.60. The van der Waals surface area contributed by atoms with Crippen molar-refractivity contribution < 1.29 is 4.74 Å². The molecule has 1 N–H and O–H groups in total. The van der Waals surface area contributed by atoms with Gasteiger partial charge in [0.15, 0.2) is 0 Å². The molecule has 0 bridgehead atoms. The molecule has 5 nitrogen and oxygen atoms in total. The summed E-state index contributed by atoms with van der Waals surface area (Å²) in [6.45, 7) is 6.67. The van der Waals surface area contributed by atoms with Crippen molar-refractivity contribution in [2.24, 2.45) is 5.92 Å². The molecule has 0 aliphatic carbocycles. The minimum absolute atomic E-state index is 0.574. The van der Waals surface area contributed by atoms with Gasteiger partial charge in [-0.05, 0) is 24.6 Å². The van der Waals surface area contributed by atoms with Crippen LogP contribution < -0.4 is 10.1 Å². The molecule has 0 radical (unpaired) electrons. The highest BCUT2D eigenvalue weighted by molar-refractivity contribution is 7.13. The fourth-order valence-electron chi connectivity index (χ4n) is 1.62. The molecule has 108 valence electrons. The van der Waals surface area contributed by atoms with E-state index < -0.39 is 0 Å². The van der Waals surface area contributed by atoms with Crippen LogP contribution in [-0.4, -0.2) is 28.3 Å². The Hall–Kier alpha value is -1.53. The summed E-state index contributed by atoms with van der Waals surface area (Å²) in [6.07, 6.45) is 2.57. The first kappa shape index (κ1) is 14.9. The lowest BCUT2D eigenvalue weighted by atomic mass is 10.2. The SMILES string of the molecule is CC(C)CNCc1nnc(OCCc2ccccn2)s1. The van der Waals surface area contributed by atoms with Crippen LogP contribution in [0.1, 0.15) is 24.5 Å². The summed E-state index contributed by atoms with van der Waals surface area (Å²) in [4.78, 5) is 4.25. The molecular weight excluding hydrogens is 272 g/mol. The zero-order chi connectivity index (χ0) is 14.2. The maximum Gasteiger partial charge on any atom is 0.294 e.